The zero-order valence-electron chi connectivity index (χ0n) is 19.6. The Hall–Kier alpha value is -2.68. The van der Waals surface area contributed by atoms with Crippen LogP contribution in [0.2, 0.25) is 5.02 Å². The third-order valence-electron chi connectivity index (χ3n) is 5.10. The Labute approximate surface area is 213 Å². The van der Waals surface area contributed by atoms with Gasteiger partial charge in [-0.05, 0) is 36.4 Å². The van der Waals surface area contributed by atoms with E-state index in [0.717, 1.165) is 10.2 Å². The van der Waals surface area contributed by atoms with Crippen LogP contribution < -0.4 is 5.32 Å². The van der Waals surface area contributed by atoms with Gasteiger partial charge in [-0.1, -0.05) is 60.4 Å². The van der Waals surface area contributed by atoms with E-state index in [1.54, 1.807) is 42.1 Å². The molecule has 0 bridgehead atoms. The maximum absolute atomic E-state index is 13.1. The van der Waals surface area contributed by atoms with E-state index < -0.39 is 0 Å². The highest BCUT2D eigenvalue weighted by atomic mass is 79.9. The zero-order valence-corrected chi connectivity index (χ0v) is 22.0. The summed E-state index contributed by atoms with van der Waals surface area (Å²) in [7, 11) is 1.55. The first-order valence-electron chi connectivity index (χ1n) is 10.8. The number of nitrogens with one attached hydrogen (secondary N) is 1. The van der Waals surface area contributed by atoms with E-state index >= 15 is 0 Å². The molecular formula is C25H28BrClN4O3. The number of carbonyl (C=O) groups is 2. The van der Waals surface area contributed by atoms with E-state index in [1.165, 1.54) is 4.90 Å². The Kier molecular flexibility index (Phi) is 8.52. The maximum atomic E-state index is 13.1. The number of anilines is 1. The molecule has 0 saturated carbocycles. The summed E-state index contributed by atoms with van der Waals surface area (Å²) in [5, 5.41) is 8.12. The summed E-state index contributed by atoms with van der Waals surface area (Å²) in [6.45, 7) is 6.57. The first-order valence-corrected chi connectivity index (χ1v) is 12.0. The van der Waals surface area contributed by atoms with Gasteiger partial charge in [0.1, 0.15) is 12.4 Å². The van der Waals surface area contributed by atoms with Crippen LogP contribution in [-0.2, 0) is 14.9 Å². The lowest BCUT2D eigenvalue weighted by Crippen LogP contribution is -2.40. The summed E-state index contributed by atoms with van der Waals surface area (Å²) in [5.41, 5.74) is 1.69. The van der Waals surface area contributed by atoms with Gasteiger partial charge in [-0.3, -0.25) is 9.59 Å². The van der Waals surface area contributed by atoms with Gasteiger partial charge in [-0.15, -0.1) is 0 Å². The van der Waals surface area contributed by atoms with Crippen molar-refractivity contribution in [1.29, 1.82) is 0 Å². The molecule has 7 nitrogen and oxygen atoms in total. The van der Waals surface area contributed by atoms with Gasteiger partial charge in [0, 0.05) is 35.2 Å². The summed E-state index contributed by atoms with van der Waals surface area (Å²) in [6, 6.07) is 16.1. The van der Waals surface area contributed by atoms with E-state index in [-0.39, 0.29) is 30.3 Å². The van der Waals surface area contributed by atoms with E-state index in [2.05, 4.69) is 21.2 Å². The second-order valence-corrected chi connectivity index (χ2v) is 10.1. The number of aromatic nitrogens is 2. The van der Waals surface area contributed by atoms with Crippen LogP contribution in [0.4, 0.5) is 5.82 Å². The molecule has 0 spiro atoms. The summed E-state index contributed by atoms with van der Waals surface area (Å²) < 4.78 is 7.64. The van der Waals surface area contributed by atoms with Gasteiger partial charge < -0.3 is 15.0 Å². The third-order valence-corrected chi connectivity index (χ3v) is 5.95. The van der Waals surface area contributed by atoms with Crippen molar-refractivity contribution in [3.63, 3.8) is 0 Å². The van der Waals surface area contributed by atoms with Crippen LogP contribution in [0, 0.1) is 0 Å². The summed E-state index contributed by atoms with van der Waals surface area (Å²) >= 11 is 9.78. The lowest BCUT2D eigenvalue weighted by Gasteiger charge is -2.22. The second-order valence-electron chi connectivity index (χ2n) is 8.80. The summed E-state index contributed by atoms with van der Waals surface area (Å²) in [5.74, 6) is -0.129. The van der Waals surface area contributed by atoms with Gasteiger partial charge >= 0.3 is 0 Å². The number of methoxy groups -OCH3 is 1. The number of rotatable bonds is 8. The topological polar surface area (TPSA) is 76.5 Å². The van der Waals surface area contributed by atoms with Crippen molar-refractivity contribution < 1.29 is 14.3 Å². The number of hydrogen-bond acceptors (Lipinski definition) is 4. The van der Waals surface area contributed by atoms with Gasteiger partial charge in [0.2, 0.25) is 5.91 Å². The van der Waals surface area contributed by atoms with Crippen molar-refractivity contribution in [2.24, 2.45) is 0 Å². The fraction of sp³-hybridized carbons (Fsp3) is 0.320. The molecular weight excluding hydrogens is 520 g/mol. The standard InChI is InChI=1S/C25H28BrClN4O3/c1-25(2,3)21-15-22(31(29-21)20-8-6-5-7-19(20)27)28-23(32)16-30(13-14-34-4)24(33)17-9-11-18(26)12-10-17/h5-12,15H,13-14,16H2,1-4H3,(H,28,32). The van der Waals surface area contributed by atoms with E-state index in [9.17, 15) is 9.59 Å². The molecule has 0 unspecified atom stereocenters. The van der Waals surface area contributed by atoms with Crippen molar-refractivity contribution in [2.45, 2.75) is 26.2 Å². The van der Waals surface area contributed by atoms with Crippen LogP contribution in [0.25, 0.3) is 5.69 Å². The van der Waals surface area contributed by atoms with E-state index in [4.69, 9.17) is 21.4 Å². The molecule has 34 heavy (non-hydrogen) atoms. The fourth-order valence-electron chi connectivity index (χ4n) is 3.23. The molecule has 2 aromatic carbocycles. The third kappa shape index (κ3) is 6.46. The normalized spacial score (nSPS) is 11.4. The van der Waals surface area contributed by atoms with Gasteiger partial charge in [0.25, 0.3) is 5.91 Å². The van der Waals surface area contributed by atoms with Crippen LogP contribution >= 0.6 is 27.5 Å². The number of hydrogen-bond donors (Lipinski definition) is 1. The van der Waals surface area contributed by atoms with Gasteiger partial charge in [0.05, 0.1) is 23.0 Å². The predicted octanol–water partition coefficient (Wildman–Crippen LogP) is 5.31. The first kappa shape index (κ1) is 25.9. The molecule has 3 rings (SSSR count). The number of ether oxygens (including phenoxy) is 1. The largest absolute Gasteiger partial charge is 0.383 e. The molecule has 0 aliphatic rings. The molecule has 0 fully saturated rings. The highest BCUT2D eigenvalue weighted by Gasteiger charge is 2.24. The number of halogens is 2. The molecule has 0 aliphatic carbocycles. The maximum Gasteiger partial charge on any atom is 0.254 e. The molecule has 1 N–H and O–H groups in total. The Morgan fingerprint density at radius 3 is 2.44 bits per heavy atom. The van der Waals surface area contributed by atoms with Crippen LogP contribution in [0.3, 0.4) is 0 Å². The molecule has 180 valence electrons. The average molecular weight is 548 g/mol. The van der Waals surface area contributed by atoms with Crippen molar-refractivity contribution in [3.8, 4) is 5.69 Å². The van der Waals surface area contributed by atoms with Crippen molar-refractivity contribution in [1.82, 2.24) is 14.7 Å². The van der Waals surface area contributed by atoms with Crippen molar-refractivity contribution in [2.75, 3.05) is 32.1 Å². The first-order chi connectivity index (χ1) is 16.1. The van der Waals surface area contributed by atoms with Crippen LogP contribution in [-0.4, -0.2) is 53.3 Å². The fourth-order valence-corrected chi connectivity index (χ4v) is 3.71. The summed E-state index contributed by atoms with van der Waals surface area (Å²) in [4.78, 5) is 27.6. The molecule has 9 heteroatoms. The van der Waals surface area contributed by atoms with Crippen molar-refractivity contribution >= 4 is 45.2 Å². The van der Waals surface area contributed by atoms with Gasteiger partial charge in [-0.25, -0.2) is 4.68 Å². The molecule has 0 atom stereocenters. The summed E-state index contributed by atoms with van der Waals surface area (Å²) in [6.07, 6.45) is 0. The van der Waals surface area contributed by atoms with Crippen LogP contribution in [0.15, 0.2) is 59.1 Å². The monoisotopic (exact) mass is 546 g/mol. The highest BCUT2D eigenvalue weighted by molar-refractivity contribution is 9.10. The lowest BCUT2D eigenvalue weighted by atomic mass is 9.92. The Morgan fingerprint density at radius 1 is 1.15 bits per heavy atom. The molecule has 1 heterocycles. The second kappa shape index (κ2) is 11.2. The molecule has 0 radical (unpaired) electrons. The zero-order chi connectivity index (χ0) is 24.9. The minimum atomic E-state index is -0.352. The Bertz CT molecular complexity index is 1160. The molecule has 0 saturated heterocycles. The smallest absolute Gasteiger partial charge is 0.254 e. The molecule has 2 amide bonds. The molecule has 0 aliphatic heterocycles. The average Bonchev–Trinajstić information content (AvgIpc) is 3.21. The van der Waals surface area contributed by atoms with Gasteiger partial charge in [0.15, 0.2) is 0 Å². The number of carbonyl (C=O) groups excluding carboxylic acids is 2. The number of amides is 2. The lowest BCUT2D eigenvalue weighted by molar-refractivity contribution is -0.117. The quantitative estimate of drug-likeness (QED) is 0.414. The number of para-hydroxylation sites is 1. The van der Waals surface area contributed by atoms with Crippen LogP contribution in [0.1, 0.15) is 36.8 Å². The Balaban J connectivity index is 1.86. The minimum absolute atomic E-state index is 0.142. The highest BCUT2D eigenvalue weighted by Crippen LogP contribution is 2.29. The van der Waals surface area contributed by atoms with Gasteiger partial charge in [-0.2, -0.15) is 5.10 Å². The van der Waals surface area contributed by atoms with E-state index in [0.29, 0.717) is 28.7 Å². The predicted molar refractivity (Wildman–Crippen MR) is 138 cm³/mol. The molecule has 3 aromatic rings. The van der Waals surface area contributed by atoms with Crippen LogP contribution in [0.5, 0.6) is 0 Å². The Morgan fingerprint density at radius 2 is 1.82 bits per heavy atom. The number of benzene rings is 2. The minimum Gasteiger partial charge on any atom is -0.383 e. The molecule has 1 aromatic heterocycles. The number of nitrogens with zero attached hydrogens (tertiary/aromatic N) is 3. The SMILES string of the molecule is COCCN(CC(=O)Nc1cc(C(C)(C)C)nn1-c1ccccc1Cl)C(=O)c1ccc(Br)cc1. The van der Waals surface area contributed by atoms with E-state index in [1.807, 2.05) is 45.0 Å². The van der Waals surface area contributed by atoms with Crippen molar-refractivity contribution in [3.05, 3.63) is 75.4 Å².